The first kappa shape index (κ1) is 18.7. The summed E-state index contributed by atoms with van der Waals surface area (Å²) in [5.74, 6) is -4.70. The van der Waals surface area contributed by atoms with E-state index in [9.17, 15) is 24.6 Å². The van der Waals surface area contributed by atoms with Crippen LogP contribution in [0.1, 0.15) is 41.0 Å². The van der Waals surface area contributed by atoms with Crippen molar-refractivity contribution in [1.29, 1.82) is 0 Å². The van der Waals surface area contributed by atoms with E-state index >= 15 is 0 Å². The monoisotopic (exact) mass is 287 g/mol. The minimum atomic E-state index is -2.10. The van der Waals surface area contributed by atoms with Gasteiger partial charge in [0.25, 0.3) is 0 Å². The van der Waals surface area contributed by atoms with Gasteiger partial charge in [-0.3, -0.25) is 9.59 Å². The van der Waals surface area contributed by atoms with Gasteiger partial charge >= 0.3 is 5.97 Å². The molecule has 0 spiro atoms. The van der Waals surface area contributed by atoms with E-state index in [2.05, 4.69) is 0 Å². The number of carboxylic acids is 1. The van der Waals surface area contributed by atoms with Crippen molar-refractivity contribution < 1.29 is 24.6 Å². The molecule has 116 valence electrons. The molecule has 0 amide bonds. The molecule has 0 saturated heterocycles. The fourth-order valence-electron chi connectivity index (χ4n) is 2.04. The van der Waals surface area contributed by atoms with Gasteiger partial charge in [0.2, 0.25) is 0 Å². The fraction of sp³-hybridized carbons (Fsp3) is 0.786. The van der Waals surface area contributed by atoms with Crippen LogP contribution in [-0.4, -0.2) is 39.4 Å². The van der Waals surface area contributed by atoms with Crippen molar-refractivity contribution in [2.45, 2.75) is 52.7 Å². The van der Waals surface area contributed by atoms with Crippen molar-refractivity contribution >= 4 is 17.5 Å². The minimum absolute atomic E-state index is 0.0590. The van der Waals surface area contributed by atoms with E-state index in [1.165, 1.54) is 6.92 Å². The van der Waals surface area contributed by atoms with Gasteiger partial charge in [0.15, 0.2) is 17.1 Å². The van der Waals surface area contributed by atoms with Gasteiger partial charge in [0.1, 0.15) is 6.10 Å². The number of rotatable bonds is 8. The second-order valence-corrected chi connectivity index (χ2v) is 6.05. The molecule has 0 aliphatic carbocycles. The van der Waals surface area contributed by atoms with Crippen molar-refractivity contribution in [3.8, 4) is 0 Å². The summed E-state index contributed by atoms with van der Waals surface area (Å²) in [5.41, 5.74) is 3.62. The molecule has 0 aromatic heterocycles. The van der Waals surface area contributed by atoms with Gasteiger partial charge in [-0.25, -0.2) is 4.79 Å². The van der Waals surface area contributed by atoms with E-state index in [-0.39, 0.29) is 18.3 Å². The Morgan fingerprint density at radius 3 is 1.85 bits per heavy atom. The zero-order valence-electron chi connectivity index (χ0n) is 12.7. The Bertz CT molecular complexity index is 391. The van der Waals surface area contributed by atoms with Gasteiger partial charge in [0.05, 0.1) is 5.92 Å². The molecule has 0 rings (SSSR count). The molecule has 0 unspecified atom stereocenters. The number of aliphatic hydroxyl groups is 1. The first-order valence-corrected chi connectivity index (χ1v) is 6.73. The fourth-order valence-corrected chi connectivity index (χ4v) is 2.04. The maximum absolute atomic E-state index is 12.3. The third-order valence-electron chi connectivity index (χ3n) is 3.29. The van der Waals surface area contributed by atoms with E-state index in [1.54, 1.807) is 27.7 Å². The lowest BCUT2D eigenvalue weighted by atomic mass is 9.78. The third-order valence-corrected chi connectivity index (χ3v) is 3.29. The van der Waals surface area contributed by atoms with Gasteiger partial charge in [-0.15, -0.1) is 0 Å². The van der Waals surface area contributed by atoms with Gasteiger partial charge < -0.3 is 15.9 Å². The average Bonchev–Trinajstić information content (AvgIpc) is 2.33. The number of nitrogens with two attached hydrogens (primary N) is 1. The summed E-state index contributed by atoms with van der Waals surface area (Å²) in [5, 5.41) is 18.9. The highest BCUT2D eigenvalue weighted by Crippen LogP contribution is 2.22. The molecule has 0 aliphatic rings. The number of carboxylic acid groups (broad SMARTS) is 1. The van der Waals surface area contributed by atoms with Crippen LogP contribution in [0.5, 0.6) is 0 Å². The van der Waals surface area contributed by atoms with Gasteiger partial charge in [0, 0.05) is 0 Å². The molecule has 0 fully saturated rings. The molecule has 6 nitrogen and oxygen atoms in total. The highest BCUT2D eigenvalue weighted by atomic mass is 16.4. The molecule has 0 heterocycles. The molecule has 0 aliphatic heterocycles. The van der Waals surface area contributed by atoms with Gasteiger partial charge in [-0.2, -0.15) is 0 Å². The zero-order valence-corrected chi connectivity index (χ0v) is 12.7. The molecule has 0 aromatic rings. The van der Waals surface area contributed by atoms with Gasteiger partial charge in [-0.1, -0.05) is 27.7 Å². The first-order chi connectivity index (χ1) is 8.95. The van der Waals surface area contributed by atoms with E-state index in [0.29, 0.717) is 0 Å². The van der Waals surface area contributed by atoms with E-state index in [1.807, 2.05) is 0 Å². The smallest absolute Gasteiger partial charge is 0.331 e. The minimum Gasteiger partial charge on any atom is -0.480 e. The molecular weight excluding hydrogens is 262 g/mol. The quantitative estimate of drug-likeness (QED) is 0.563. The normalized spacial score (nSPS) is 17.6. The number of hydrogen-bond donors (Lipinski definition) is 3. The van der Waals surface area contributed by atoms with Crippen molar-refractivity contribution in [3.05, 3.63) is 0 Å². The molecule has 0 aromatic carbocycles. The van der Waals surface area contributed by atoms with E-state index in [4.69, 9.17) is 5.73 Å². The largest absolute Gasteiger partial charge is 0.480 e. The standard InChI is InChI=1S/C14H25NO5/c1-7(2)6-14(15,13(19)20)12(18)9(5)11(17)10(16)8(3)4/h7-10,16H,6,15H2,1-5H3,(H,19,20)/t9-,10+,14+/m1/s1. The molecule has 6 heteroatoms. The van der Waals surface area contributed by atoms with Crippen LogP contribution in [0.4, 0.5) is 0 Å². The Kier molecular flexibility index (Phi) is 6.50. The van der Waals surface area contributed by atoms with E-state index in [0.717, 1.165) is 0 Å². The highest BCUT2D eigenvalue weighted by Gasteiger charge is 2.47. The molecule has 4 N–H and O–H groups in total. The number of Topliss-reactive ketones (excluding diaryl/α,β-unsaturated/α-hetero) is 2. The predicted octanol–water partition coefficient (Wildman–Crippen LogP) is 0.606. The second-order valence-electron chi connectivity index (χ2n) is 6.05. The van der Waals surface area contributed by atoms with Crippen molar-refractivity contribution in [2.24, 2.45) is 23.5 Å². The lowest BCUT2D eigenvalue weighted by molar-refractivity contribution is -0.152. The number of aliphatic carboxylic acids is 1. The molecule has 0 radical (unpaired) electrons. The van der Waals surface area contributed by atoms with Gasteiger partial charge in [-0.05, 0) is 25.2 Å². The predicted molar refractivity (Wildman–Crippen MR) is 74.0 cm³/mol. The summed E-state index contributed by atoms with van der Waals surface area (Å²) in [6.45, 7) is 8.06. The van der Waals surface area contributed by atoms with Crippen LogP contribution in [0.2, 0.25) is 0 Å². The lowest BCUT2D eigenvalue weighted by Gasteiger charge is -2.28. The van der Waals surface area contributed by atoms with Crippen molar-refractivity contribution in [1.82, 2.24) is 0 Å². The summed E-state index contributed by atoms with van der Waals surface area (Å²) in [7, 11) is 0. The van der Waals surface area contributed by atoms with Crippen LogP contribution in [0.25, 0.3) is 0 Å². The topological polar surface area (TPSA) is 118 Å². The zero-order chi connectivity index (χ0) is 16.2. The molecular formula is C14H25NO5. The number of ketones is 2. The average molecular weight is 287 g/mol. The third kappa shape index (κ3) is 4.11. The van der Waals surface area contributed by atoms with E-state index < -0.39 is 35.1 Å². The Labute approximate surface area is 119 Å². The number of aliphatic hydroxyl groups excluding tert-OH is 1. The van der Waals surface area contributed by atoms with Crippen LogP contribution >= 0.6 is 0 Å². The summed E-state index contributed by atoms with van der Waals surface area (Å²) < 4.78 is 0. The SMILES string of the molecule is CC(C)C[C@@](N)(C(=O)O)C(=O)[C@H](C)C(=O)[C@@H](O)C(C)C. The maximum atomic E-state index is 12.3. The summed E-state index contributed by atoms with van der Waals surface area (Å²) >= 11 is 0. The number of carbonyl (C=O) groups excluding carboxylic acids is 2. The Morgan fingerprint density at radius 1 is 1.10 bits per heavy atom. The number of carbonyl (C=O) groups is 3. The maximum Gasteiger partial charge on any atom is 0.331 e. The Morgan fingerprint density at radius 2 is 1.55 bits per heavy atom. The Hall–Kier alpha value is -1.27. The van der Waals surface area contributed by atoms with Crippen LogP contribution in [-0.2, 0) is 14.4 Å². The molecule has 0 saturated carbocycles. The first-order valence-electron chi connectivity index (χ1n) is 6.73. The number of hydrogen-bond acceptors (Lipinski definition) is 5. The van der Waals surface area contributed by atoms with Crippen LogP contribution in [0.15, 0.2) is 0 Å². The highest BCUT2D eigenvalue weighted by molar-refractivity contribution is 6.16. The van der Waals surface area contributed by atoms with Crippen molar-refractivity contribution in [3.63, 3.8) is 0 Å². The Balaban J connectivity index is 5.28. The molecule has 0 bridgehead atoms. The van der Waals surface area contributed by atoms with Crippen LogP contribution in [0.3, 0.4) is 0 Å². The van der Waals surface area contributed by atoms with Crippen molar-refractivity contribution in [2.75, 3.05) is 0 Å². The lowest BCUT2D eigenvalue weighted by Crippen LogP contribution is -2.59. The van der Waals surface area contributed by atoms with Crippen LogP contribution < -0.4 is 5.73 Å². The summed E-state index contributed by atoms with van der Waals surface area (Å²) in [4.78, 5) is 35.5. The summed E-state index contributed by atoms with van der Waals surface area (Å²) in [6, 6.07) is 0. The molecule has 3 atom stereocenters. The summed E-state index contributed by atoms with van der Waals surface area (Å²) in [6.07, 6.45) is -1.36. The van der Waals surface area contributed by atoms with Crippen LogP contribution in [0, 0.1) is 17.8 Å². The second kappa shape index (κ2) is 6.95. The molecule has 20 heavy (non-hydrogen) atoms.